The molecule has 1 aliphatic heterocycles. The molecular weight excluding hydrogens is 318 g/mol. The predicted octanol–water partition coefficient (Wildman–Crippen LogP) is 2.21. The molecule has 1 amide bonds. The van der Waals surface area contributed by atoms with Gasteiger partial charge in [-0.1, -0.05) is 17.2 Å². The fraction of sp³-hybridized carbons (Fsp3) is 0.267. The van der Waals surface area contributed by atoms with Gasteiger partial charge in [-0.05, 0) is 24.0 Å². The molecule has 0 radical (unpaired) electrons. The zero-order chi connectivity index (χ0) is 16.1. The summed E-state index contributed by atoms with van der Waals surface area (Å²) in [5.41, 5.74) is 1.05. The molecule has 1 aromatic carbocycles. The Morgan fingerprint density at radius 1 is 1.26 bits per heavy atom. The molecule has 8 heteroatoms. The number of benzene rings is 1. The summed E-state index contributed by atoms with van der Waals surface area (Å²) in [4.78, 5) is 13.1. The highest BCUT2D eigenvalue weighted by molar-refractivity contribution is 7.98. The molecule has 0 bridgehead atoms. The Bertz CT molecular complexity index is 712. The summed E-state index contributed by atoms with van der Waals surface area (Å²) < 4.78 is 15.6. The number of carbonyl (C=O) groups is 1. The van der Waals surface area contributed by atoms with Crippen molar-refractivity contribution in [2.45, 2.75) is 11.3 Å². The number of amides is 1. The van der Waals surface area contributed by atoms with Crippen LogP contribution in [0.5, 0.6) is 0 Å². The molecule has 1 aromatic heterocycles. The van der Waals surface area contributed by atoms with Crippen LogP contribution in [0.3, 0.4) is 0 Å². The van der Waals surface area contributed by atoms with E-state index in [1.807, 2.05) is 30.5 Å². The minimum Gasteiger partial charge on any atom is -0.494 e. The van der Waals surface area contributed by atoms with E-state index in [0.717, 1.165) is 5.56 Å². The van der Waals surface area contributed by atoms with E-state index in [1.54, 1.807) is 11.8 Å². The molecule has 120 valence electrons. The van der Waals surface area contributed by atoms with Crippen molar-refractivity contribution in [2.24, 2.45) is 0 Å². The third-order valence-electron chi connectivity index (χ3n) is 3.07. The van der Waals surface area contributed by atoms with Gasteiger partial charge >= 0.3 is 6.01 Å². The summed E-state index contributed by atoms with van der Waals surface area (Å²) in [6.07, 6.45) is 3.79. The molecule has 0 unspecified atom stereocenters. The summed E-state index contributed by atoms with van der Waals surface area (Å²) in [6, 6.07) is 8.11. The van der Waals surface area contributed by atoms with Crippen molar-refractivity contribution in [1.82, 2.24) is 10.2 Å². The van der Waals surface area contributed by atoms with Gasteiger partial charge in [0.15, 0.2) is 0 Å². The smallest absolute Gasteiger partial charge is 0.322 e. The molecule has 0 fully saturated rings. The van der Waals surface area contributed by atoms with Crippen LogP contribution in [0.2, 0.25) is 0 Å². The zero-order valence-electron chi connectivity index (χ0n) is 12.4. The first-order chi connectivity index (χ1) is 11.2. The van der Waals surface area contributed by atoms with Gasteiger partial charge in [-0.3, -0.25) is 10.1 Å². The molecule has 0 spiro atoms. The van der Waals surface area contributed by atoms with Gasteiger partial charge in [-0.25, -0.2) is 0 Å². The summed E-state index contributed by atoms with van der Waals surface area (Å²) >= 11 is 1.68. The molecule has 0 atom stereocenters. The number of nitrogens with zero attached hydrogens (tertiary/aromatic N) is 2. The van der Waals surface area contributed by atoms with Crippen molar-refractivity contribution in [2.75, 3.05) is 24.8 Å². The lowest BCUT2D eigenvalue weighted by Gasteiger charge is -2.13. The van der Waals surface area contributed by atoms with Gasteiger partial charge in [-0.2, -0.15) is 0 Å². The summed E-state index contributed by atoms with van der Waals surface area (Å²) in [5.74, 6) is 0.0277. The highest BCUT2D eigenvalue weighted by atomic mass is 32.2. The van der Waals surface area contributed by atoms with Crippen LogP contribution in [-0.2, 0) is 20.7 Å². The van der Waals surface area contributed by atoms with E-state index in [-0.39, 0.29) is 11.8 Å². The molecule has 0 saturated heterocycles. The fourth-order valence-electron chi connectivity index (χ4n) is 1.94. The standard InChI is InChI=1S/C15H15N3O4S/c1-23-11-4-2-10(3-5-11)8-13-17-18-15(22-13)16-14(19)12-9-20-6-7-21-12/h2-5,9H,6-8H2,1H3,(H,16,18,19). The lowest BCUT2D eigenvalue weighted by Crippen LogP contribution is -2.21. The normalized spacial score (nSPS) is 13.7. The van der Waals surface area contributed by atoms with Crippen LogP contribution in [-0.4, -0.2) is 35.6 Å². The van der Waals surface area contributed by atoms with Gasteiger partial charge in [0.1, 0.15) is 19.5 Å². The van der Waals surface area contributed by atoms with Gasteiger partial charge in [0.05, 0.1) is 6.42 Å². The second-order valence-electron chi connectivity index (χ2n) is 4.68. The maximum Gasteiger partial charge on any atom is 0.322 e. The van der Waals surface area contributed by atoms with Crippen LogP contribution in [0, 0.1) is 0 Å². The molecule has 2 heterocycles. The molecule has 0 saturated carbocycles. The lowest BCUT2D eigenvalue weighted by molar-refractivity contribution is -0.117. The monoisotopic (exact) mass is 333 g/mol. The molecule has 3 rings (SSSR count). The Labute approximate surface area is 137 Å². The van der Waals surface area contributed by atoms with Crippen molar-refractivity contribution < 1.29 is 18.7 Å². The molecule has 0 aliphatic carbocycles. The maximum atomic E-state index is 11.9. The van der Waals surface area contributed by atoms with Gasteiger partial charge in [0.25, 0.3) is 5.91 Å². The van der Waals surface area contributed by atoms with Crippen LogP contribution in [0.1, 0.15) is 11.5 Å². The molecule has 1 N–H and O–H groups in total. The third kappa shape index (κ3) is 4.04. The average Bonchev–Trinajstić information content (AvgIpc) is 3.03. The number of aromatic nitrogens is 2. The first-order valence-corrected chi connectivity index (χ1v) is 8.18. The van der Waals surface area contributed by atoms with E-state index in [2.05, 4.69) is 15.5 Å². The fourth-order valence-corrected chi connectivity index (χ4v) is 2.35. The number of carbonyl (C=O) groups excluding carboxylic acids is 1. The van der Waals surface area contributed by atoms with E-state index in [9.17, 15) is 4.79 Å². The summed E-state index contributed by atoms with van der Waals surface area (Å²) in [5, 5.41) is 10.2. The van der Waals surface area contributed by atoms with Gasteiger partial charge in [0.2, 0.25) is 11.6 Å². The number of nitrogens with one attached hydrogen (secondary N) is 1. The second-order valence-corrected chi connectivity index (χ2v) is 5.56. The summed E-state index contributed by atoms with van der Waals surface area (Å²) in [6.45, 7) is 0.761. The minimum atomic E-state index is -0.482. The molecule has 7 nitrogen and oxygen atoms in total. The van der Waals surface area contributed by atoms with Crippen molar-refractivity contribution in [3.8, 4) is 0 Å². The summed E-state index contributed by atoms with van der Waals surface area (Å²) in [7, 11) is 0. The second kappa shape index (κ2) is 7.19. The zero-order valence-corrected chi connectivity index (χ0v) is 13.3. The number of rotatable bonds is 5. The van der Waals surface area contributed by atoms with Crippen LogP contribution >= 0.6 is 11.8 Å². The van der Waals surface area contributed by atoms with E-state index >= 15 is 0 Å². The van der Waals surface area contributed by atoms with E-state index in [0.29, 0.717) is 25.5 Å². The quantitative estimate of drug-likeness (QED) is 0.839. The Balaban J connectivity index is 1.61. The highest BCUT2D eigenvalue weighted by Gasteiger charge is 2.18. The van der Waals surface area contributed by atoms with E-state index < -0.39 is 5.91 Å². The van der Waals surface area contributed by atoms with Crippen LogP contribution in [0.4, 0.5) is 6.01 Å². The topological polar surface area (TPSA) is 86.5 Å². The molecular formula is C15H15N3O4S. The molecule has 2 aromatic rings. The Hall–Kier alpha value is -2.48. The first kappa shape index (κ1) is 15.4. The van der Waals surface area contributed by atoms with Crippen molar-refractivity contribution >= 4 is 23.7 Å². The van der Waals surface area contributed by atoms with Crippen LogP contribution < -0.4 is 5.32 Å². The Kier molecular flexibility index (Phi) is 4.82. The van der Waals surface area contributed by atoms with Crippen molar-refractivity contribution in [1.29, 1.82) is 0 Å². The van der Waals surface area contributed by atoms with Crippen LogP contribution in [0.25, 0.3) is 0 Å². The number of hydrogen-bond donors (Lipinski definition) is 1. The van der Waals surface area contributed by atoms with Crippen molar-refractivity contribution in [3.63, 3.8) is 0 Å². The number of anilines is 1. The SMILES string of the molecule is CSc1ccc(Cc2nnc(NC(=O)C3=COCCO3)o2)cc1. The largest absolute Gasteiger partial charge is 0.494 e. The maximum absolute atomic E-state index is 11.9. The third-order valence-corrected chi connectivity index (χ3v) is 3.82. The average molecular weight is 333 g/mol. The van der Waals surface area contributed by atoms with Crippen molar-refractivity contribution in [3.05, 3.63) is 47.7 Å². The lowest BCUT2D eigenvalue weighted by atomic mass is 10.1. The molecule has 1 aliphatic rings. The Morgan fingerprint density at radius 2 is 2.09 bits per heavy atom. The van der Waals surface area contributed by atoms with E-state index in [4.69, 9.17) is 13.9 Å². The van der Waals surface area contributed by atoms with E-state index in [1.165, 1.54) is 11.2 Å². The molecule has 23 heavy (non-hydrogen) atoms. The Morgan fingerprint density at radius 3 is 2.78 bits per heavy atom. The first-order valence-electron chi connectivity index (χ1n) is 6.96. The predicted molar refractivity (Wildman–Crippen MR) is 83.9 cm³/mol. The number of hydrogen-bond acceptors (Lipinski definition) is 7. The van der Waals surface area contributed by atoms with Gasteiger partial charge in [-0.15, -0.1) is 16.9 Å². The minimum absolute atomic E-state index is 0.0285. The van der Waals surface area contributed by atoms with Gasteiger partial charge < -0.3 is 13.9 Å². The van der Waals surface area contributed by atoms with Gasteiger partial charge in [0, 0.05) is 4.90 Å². The van der Waals surface area contributed by atoms with Crippen LogP contribution in [0.15, 0.2) is 45.6 Å². The number of thioether (sulfide) groups is 1. The number of ether oxygens (including phenoxy) is 2. The highest BCUT2D eigenvalue weighted by Crippen LogP contribution is 2.17.